The van der Waals surface area contributed by atoms with E-state index >= 15 is 0 Å². The molecule has 24 heavy (non-hydrogen) atoms. The Balaban J connectivity index is 1.81. The highest BCUT2D eigenvalue weighted by atomic mass is 16.6. The molecule has 0 bridgehead atoms. The van der Waals surface area contributed by atoms with E-state index in [1.807, 2.05) is 12.1 Å². The van der Waals surface area contributed by atoms with Crippen LogP contribution >= 0.6 is 0 Å². The number of Topliss-reactive ketones (excluding diaryl/α,β-unsaturated/α-hetero) is 1. The Morgan fingerprint density at radius 3 is 2.75 bits per heavy atom. The van der Waals surface area contributed by atoms with Crippen molar-refractivity contribution in [1.29, 1.82) is 0 Å². The normalized spacial score (nSPS) is 14.1. The van der Waals surface area contributed by atoms with Gasteiger partial charge in [-0.05, 0) is 65.4 Å². The minimum absolute atomic E-state index is 0.00705. The first-order valence-corrected chi connectivity index (χ1v) is 7.90. The highest BCUT2D eigenvalue weighted by Crippen LogP contribution is 2.27. The van der Waals surface area contributed by atoms with Gasteiger partial charge in [-0.15, -0.1) is 0 Å². The number of ether oxygens (including phenoxy) is 1. The summed E-state index contributed by atoms with van der Waals surface area (Å²) < 4.78 is 5.54. The standard InChI is InChI=1S/C18H18N2O4/c1-11-6-9-16(18(19-11)20(22)23)24-12(2)17(21)15-8-7-13-4-3-5-14(13)10-15/h6-10,12H,3-5H2,1-2H3/t12-/m0/s1. The molecule has 124 valence electrons. The van der Waals surface area contributed by atoms with Crippen molar-refractivity contribution in [1.82, 2.24) is 4.98 Å². The molecular formula is C18H18N2O4. The topological polar surface area (TPSA) is 82.3 Å². The summed E-state index contributed by atoms with van der Waals surface area (Å²) in [5.41, 5.74) is 3.59. The molecule has 0 saturated carbocycles. The molecule has 1 aliphatic carbocycles. The molecular weight excluding hydrogens is 308 g/mol. The minimum Gasteiger partial charge on any atom is -0.474 e. The average molecular weight is 326 g/mol. The molecule has 0 saturated heterocycles. The predicted octanol–water partition coefficient (Wildman–Crippen LogP) is 3.44. The number of aromatic nitrogens is 1. The third-order valence-electron chi connectivity index (χ3n) is 4.21. The van der Waals surface area contributed by atoms with Crippen molar-refractivity contribution in [3.63, 3.8) is 0 Å². The number of carbonyl (C=O) groups is 1. The lowest BCUT2D eigenvalue weighted by Crippen LogP contribution is -2.24. The van der Waals surface area contributed by atoms with Gasteiger partial charge in [0, 0.05) is 12.5 Å². The number of hydrogen-bond donors (Lipinski definition) is 0. The van der Waals surface area contributed by atoms with Crippen LogP contribution in [0.2, 0.25) is 0 Å². The maximum Gasteiger partial charge on any atom is 0.406 e. The quantitative estimate of drug-likeness (QED) is 0.477. The van der Waals surface area contributed by atoms with Gasteiger partial charge >= 0.3 is 5.82 Å². The lowest BCUT2D eigenvalue weighted by atomic mass is 10.0. The summed E-state index contributed by atoms with van der Waals surface area (Å²) in [6, 6.07) is 8.79. The van der Waals surface area contributed by atoms with Crippen LogP contribution in [0.3, 0.4) is 0 Å². The minimum atomic E-state index is -0.826. The van der Waals surface area contributed by atoms with E-state index in [4.69, 9.17) is 4.74 Å². The number of ketones is 1. The number of nitro groups is 1. The lowest BCUT2D eigenvalue weighted by Gasteiger charge is -2.14. The average Bonchev–Trinajstić information content (AvgIpc) is 3.03. The van der Waals surface area contributed by atoms with Gasteiger partial charge in [0.2, 0.25) is 11.5 Å². The van der Waals surface area contributed by atoms with Crippen molar-refractivity contribution < 1.29 is 14.5 Å². The fourth-order valence-corrected chi connectivity index (χ4v) is 2.96. The number of pyridine rings is 1. The van der Waals surface area contributed by atoms with Crippen LogP contribution in [0.1, 0.15) is 40.5 Å². The van der Waals surface area contributed by atoms with E-state index in [1.54, 1.807) is 26.0 Å². The summed E-state index contributed by atoms with van der Waals surface area (Å²) in [4.78, 5) is 27.0. The first kappa shape index (κ1) is 16.1. The summed E-state index contributed by atoms with van der Waals surface area (Å²) in [5.74, 6) is -0.559. The van der Waals surface area contributed by atoms with Gasteiger partial charge in [-0.1, -0.05) is 12.1 Å². The summed E-state index contributed by atoms with van der Waals surface area (Å²) in [5, 5.41) is 11.1. The zero-order valence-corrected chi connectivity index (χ0v) is 13.6. The van der Waals surface area contributed by atoms with Gasteiger partial charge in [0.05, 0.1) is 0 Å². The molecule has 2 aromatic rings. The van der Waals surface area contributed by atoms with Gasteiger partial charge in [0.25, 0.3) is 0 Å². The predicted molar refractivity (Wildman–Crippen MR) is 88.5 cm³/mol. The number of aryl methyl sites for hydroxylation is 3. The van der Waals surface area contributed by atoms with Crippen LogP contribution < -0.4 is 4.74 Å². The zero-order valence-electron chi connectivity index (χ0n) is 13.6. The third kappa shape index (κ3) is 3.13. The van der Waals surface area contributed by atoms with Crippen molar-refractivity contribution in [3.05, 3.63) is 62.8 Å². The van der Waals surface area contributed by atoms with Crippen LogP contribution in [0.15, 0.2) is 30.3 Å². The Bertz CT molecular complexity index is 817. The fourth-order valence-electron chi connectivity index (χ4n) is 2.96. The highest BCUT2D eigenvalue weighted by molar-refractivity contribution is 5.99. The molecule has 0 aliphatic heterocycles. The molecule has 0 spiro atoms. The van der Waals surface area contributed by atoms with Crippen LogP contribution in [0, 0.1) is 17.0 Å². The maximum atomic E-state index is 12.6. The second kappa shape index (κ2) is 6.39. The molecule has 0 unspecified atom stereocenters. The molecule has 1 aromatic heterocycles. The summed E-state index contributed by atoms with van der Waals surface area (Å²) >= 11 is 0. The van der Waals surface area contributed by atoms with Gasteiger partial charge in [-0.25, -0.2) is 0 Å². The van der Waals surface area contributed by atoms with Crippen LogP contribution in [0.25, 0.3) is 0 Å². The number of benzene rings is 1. The Morgan fingerprint density at radius 2 is 2.00 bits per heavy atom. The fraction of sp³-hybridized carbons (Fsp3) is 0.333. The summed E-state index contributed by atoms with van der Waals surface area (Å²) in [7, 11) is 0. The maximum absolute atomic E-state index is 12.6. The number of hydrogen-bond acceptors (Lipinski definition) is 5. The molecule has 3 rings (SSSR count). The van der Waals surface area contributed by atoms with Gasteiger partial charge in [-0.2, -0.15) is 0 Å². The molecule has 1 heterocycles. The van der Waals surface area contributed by atoms with Crippen molar-refractivity contribution in [2.24, 2.45) is 0 Å². The Kier molecular flexibility index (Phi) is 4.29. The third-order valence-corrected chi connectivity index (χ3v) is 4.21. The van der Waals surface area contributed by atoms with Gasteiger partial charge in [0.1, 0.15) is 5.69 Å². The van der Waals surface area contributed by atoms with Crippen molar-refractivity contribution >= 4 is 11.6 Å². The van der Waals surface area contributed by atoms with Crippen LogP contribution in [-0.2, 0) is 12.8 Å². The Morgan fingerprint density at radius 1 is 1.25 bits per heavy atom. The zero-order chi connectivity index (χ0) is 17.3. The first-order valence-electron chi connectivity index (χ1n) is 7.90. The summed E-state index contributed by atoms with van der Waals surface area (Å²) in [6.07, 6.45) is 2.32. The van der Waals surface area contributed by atoms with Crippen LogP contribution in [0.5, 0.6) is 5.75 Å². The molecule has 0 radical (unpaired) electrons. The van der Waals surface area contributed by atoms with E-state index in [-0.39, 0.29) is 17.4 Å². The number of rotatable bonds is 5. The van der Waals surface area contributed by atoms with Crippen molar-refractivity contribution in [3.8, 4) is 5.75 Å². The second-order valence-electron chi connectivity index (χ2n) is 5.99. The van der Waals surface area contributed by atoms with Gasteiger partial charge in [0.15, 0.2) is 6.10 Å². The van der Waals surface area contributed by atoms with E-state index in [0.717, 1.165) is 19.3 Å². The molecule has 0 amide bonds. The molecule has 0 N–H and O–H groups in total. The van der Waals surface area contributed by atoms with E-state index in [9.17, 15) is 14.9 Å². The van der Waals surface area contributed by atoms with E-state index in [0.29, 0.717) is 11.3 Å². The molecule has 1 atom stereocenters. The van der Waals surface area contributed by atoms with Crippen LogP contribution in [-0.4, -0.2) is 21.8 Å². The monoisotopic (exact) mass is 326 g/mol. The van der Waals surface area contributed by atoms with Crippen molar-refractivity contribution in [2.75, 3.05) is 0 Å². The van der Waals surface area contributed by atoms with Crippen LogP contribution in [0.4, 0.5) is 5.82 Å². The van der Waals surface area contributed by atoms with Crippen molar-refractivity contribution in [2.45, 2.75) is 39.2 Å². The highest BCUT2D eigenvalue weighted by Gasteiger charge is 2.24. The molecule has 0 fully saturated rings. The molecule has 1 aromatic carbocycles. The second-order valence-corrected chi connectivity index (χ2v) is 5.99. The smallest absolute Gasteiger partial charge is 0.406 e. The molecule has 6 heteroatoms. The largest absolute Gasteiger partial charge is 0.474 e. The van der Waals surface area contributed by atoms with E-state index in [2.05, 4.69) is 4.98 Å². The summed E-state index contributed by atoms with van der Waals surface area (Å²) in [6.45, 7) is 3.26. The number of fused-ring (bicyclic) bond motifs is 1. The number of carbonyl (C=O) groups excluding carboxylic acids is 1. The first-order chi connectivity index (χ1) is 11.5. The molecule has 6 nitrogen and oxygen atoms in total. The van der Waals surface area contributed by atoms with E-state index < -0.39 is 11.0 Å². The Labute approximate surface area is 139 Å². The van der Waals surface area contributed by atoms with E-state index in [1.165, 1.54) is 17.2 Å². The van der Waals surface area contributed by atoms with Gasteiger partial charge in [-0.3, -0.25) is 4.79 Å². The van der Waals surface area contributed by atoms with Gasteiger partial charge < -0.3 is 14.9 Å². The Hall–Kier alpha value is -2.76. The molecule has 1 aliphatic rings. The SMILES string of the molecule is Cc1ccc(O[C@@H](C)C(=O)c2ccc3c(c2)CCC3)c([N+](=O)[O-])n1. The lowest BCUT2D eigenvalue weighted by molar-refractivity contribution is -0.390. The number of nitrogens with zero attached hydrogens (tertiary/aromatic N) is 2.